The molecule has 88 valence electrons. The van der Waals surface area contributed by atoms with Crippen LogP contribution in [0.25, 0.3) is 0 Å². The van der Waals surface area contributed by atoms with Crippen LogP contribution in [0.1, 0.15) is 25.7 Å². The highest BCUT2D eigenvalue weighted by Crippen LogP contribution is 2.58. The van der Waals surface area contributed by atoms with E-state index in [-0.39, 0.29) is 0 Å². The number of hydrogen-bond acceptors (Lipinski definition) is 1. The minimum Gasteiger partial charge on any atom is -0.462 e. The Morgan fingerprint density at radius 3 is 2.71 bits per heavy atom. The summed E-state index contributed by atoms with van der Waals surface area (Å²) in [5, 5.41) is 0. The molecule has 2 saturated carbocycles. The van der Waals surface area contributed by atoms with E-state index < -0.39 is 0 Å². The van der Waals surface area contributed by atoms with Gasteiger partial charge in [0.2, 0.25) is 0 Å². The summed E-state index contributed by atoms with van der Waals surface area (Å²) >= 11 is 0. The molecule has 4 atom stereocenters. The monoisotopic (exact) mass is 226 g/mol. The first-order valence-corrected chi connectivity index (χ1v) is 6.86. The first kappa shape index (κ1) is 9.76. The summed E-state index contributed by atoms with van der Waals surface area (Å²) in [5.41, 5.74) is 0. The predicted molar refractivity (Wildman–Crippen MR) is 67.6 cm³/mol. The average Bonchev–Trinajstić information content (AvgIpc) is 3.01. The van der Waals surface area contributed by atoms with E-state index in [0.717, 1.165) is 29.4 Å². The van der Waals surface area contributed by atoms with Gasteiger partial charge in [0, 0.05) is 5.92 Å². The molecule has 0 unspecified atom stereocenters. The Hall–Kier alpha value is -1.24. The highest BCUT2D eigenvalue weighted by Gasteiger charge is 2.50. The van der Waals surface area contributed by atoms with Crippen LogP contribution in [0.3, 0.4) is 0 Å². The fourth-order valence-electron chi connectivity index (χ4n) is 4.28. The summed E-state index contributed by atoms with van der Waals surface area (Å²) in [6.07, 6.45) is 8.11. The Morgan fingerprint density at radius 1 is 1.00 bits per heavy atom. The molecule has 0 spiro atoms. The number of fused-ring (bicyclic) bond motifs is 5. The van der Waals surface area contributed by atoms with Gasteiger partial charge in [-0.3, -0.25) is 0 Å². The molecule has 3 aliphatic rings. The first-order valence-electron chi connectivity index (χ1n) is 6.86. The van der Waals surface area contributed by atoms with Crippen molar-refractivity contribution in [3.05, 3.63) is 42.2 Å². The summed E-state index contributed by atoms with van der Waals surface area (Å²) in [4.78, 5) is 0. The molecule has 3 aliphatic carbocycles. The molecule has 1 heteroatoms. The van der Waals surface area contributed by atoms with Crippen molar-refractivity contribution < 1.29 is 4.74 Å². The number of para-hydroxylation sites is 1. The van der Waals surface area contributed by atoms with Crippen LogP contribution in [0.5, 0.6) is 5.75 Å². The van der Waals surface area contributed by atoms with E-state index in [1.807, 2.05) is 18.2 Å². The van der Waals surface area contributed by atoms with Gasteiger partial charge < -0.3 is 4.74 Å². The number of benzene rings is 1. The van der Waals surface area contributed by atoms with Gasteiger partial charge >= 0.3 is 0 Å². The molecule has 0 aliphatic heterocycles. The minimum absolute atomic E-state index is 0.729. The number of rotatable bonds is 2. The largest absolute Gasteiger partial charge is 0.462 e. The van der Waals surface area contributed by atoms with Gasteiger partial charge in [0.15, 0.2) is 0 Å². The molecule has 0 saturated heterocycles. The van der Waals surface area contributed by atoms with Crippen molar-refractivity contribution in [1.82, 2.24) is 0 Å². The smallest absolute Gasteiger partial charge is 0.126 e. The minimum atomic E-state index is 0.729. The van der Waals surface area contributed by atoms with E-state index in [2.05, 4.69) is 18.2 Å². The van der Waals surface area contributed by atoms with Crippen molar-refractivity contribution >= 4 is 0 Å². The maximum Gasteiger partial charge on any atom is 0.126 e. The summed E-state index contributed by atoms with van der Waals surface area (Å²) in [6, 6.07) is 10.2. The quantitative estimate of drug-likeness (QED) is 0.740. The number of allylic oxidation sites excluding steroid dienone is 2. The van der Waals surface area contributed by atoms with Crippen LogP contribution >= 0.6 is 0 Å². The molecule has 1 aromatic rings. The molecule has 2 fully saturated rings. The highest BCUT2D eigenvalue weighted by molar-refractivity contribution is 5.28. The second-order valence-corrected chi connectivity index (χ2v) is 5.75. The Morgan fingerprint density at radius 2 is 1.82 bits per heavy atom. The van der Waals surface area contributed by atoms with E-state index in [0.29, 0.717) is 0 Å². The molecule has 0 radical (unpaired) electrons. The zero-order valence-corrected chi connectivity index (χ0v) is 10.0. The molecular formula is C16H18O. The Labute approximate surface area is 102 Å². The Balaban J connectivity index is 1.57. The fourth-order valence-corrected chi connectivity index (χ4v) is 4.28. The Kier molecular flexibility index (Phi) is 2.08. The van der Waals surface area contributed by atoms with Gasteiger partial charge in [0.1, 0.15) is 11.5 Å². The van der Waals surface area contributed by atoms with Crippen molar-refractivity contribution in [3.8, 4) is 5.75 Å². The molecule has 1 aromatic carbocycles. The van der Waals surface area contributed by atoms with Crippen molar-refractivity contribution in [2.75, 3.05) is 0 Å². The third kappa shape index (κ3) is 1.45. The van der Waals surface area contributed by atoms with Gasteiger partial charge in [0.25, 0.3) is 0 Å². The fraction of sp³-hybridized carbons (Fsp3) is 0.500. The van der Waals surface area contributed by atoms with Crippen molar-refractivity contribution in [2.45, 2.75) is 25.7 Å². The van der Waals surface area contributed by atoms with Gasteiger partial charge in [-0.05, 0) is 55.2 Å². The lowest BCUT2D eigenvalue weighted by molar-refractivity contribution is 0.272. The molecule has 1 nitrogen and oxygen atoms in total. The normalized spacial score (nSPS) is 38.0. The van der Waals surface area contributed by atoms with Crippen LogP contribution in [0.15, 0.2) is 42.2 Å². The van der Waals surface area contributed by atoms with E-state index >= 15 is 0 Å². The van der Waals surface area contributed by atoms with E-state index in [9.17, 15) is 0 Å². The van der Waals surface area contributed by atoms with Crippen LogP contribution < -0.4 is 4.74 Å². The van der Waals surface area contributed by atoms with E-state index in [1.165, 1.54) is 31.4 Å². The number of ether oxygens (including phenoxy) is 1. The van der Waals surface area contributed by atoms with E-state index in [4.69, 9.17) is 4.74 Å². The van der Waals surface area contributed by atoms with Crippen LogP contribution in [0, 0.1) is 23.7 Å². The third-order valence-electron chi connectivity index (χ3n) is 4.94. The van der Waals surface area contributed by atoms with Crippen LogP contribution in [0.2, 0.25) is 0 Å². The molecule has 0 aromatic heterocycles. The van der Waals surface area contributed by atoms with E-state index in [1.54, 1.807) is 0 Å². The summed E-state index contributed by atoms with van der Waals surface area (Å²) in [5.74, 6) is 5.75. The van der Waals surface area contributed by atoms with Crippen LogP contribution in [0.4, 0.5) is 0 Å². The molecule has 2 bridgehead atoms. The molecule has 4 rings (SSSR count). The maximum absolute atomic E-state index is 6.08. The lowest BCUT2D eigenvalue weighted by Crippen LogP contribution is -2.19. The van der Waals surface area contributed by atoms with Gasteiger partial charge in [-0.2, -0.15) is 0 Å². The second kappa shape index (κ2) is 3.63. The zero-order chi connectivity index (χ0) is 11.2. The van der Waals surface area contributed by atoms with Crippen LogP contribution in [-0.4, -0.2) is 0 Å². The van der Waals surface area contributed by atoms with Gasteiger partial charge in [-0.1, -0.05) is 24.6 Å². The first-order chi connectivity index (χ1) is 8.42. The summed E-state index contributed by atoms with van der Waals surface area (Å²) < 4.78 is 6.08. The molecule has 17 heavy (non-hydrogen) atoms. The highest BCUT2D eigenvalue weighted by atomic mass is 16.5. The SMILES string of the molecule is C1=C(Oc2ccccc2)[C@H]2C[C@@H]1[C@H]1CCC[C@@H]12. The zero-order valence-electron chi connectivity index (χ0n) is 10.0. The van der Waals surface area contributed by atoms with Gasteiger partial charge in [0.05, 0.1) is 0 Å². The van der Waals surface area contributed by atoms with Gasteiger partial charge in [-0.25, -0.2) is 0 Å². The standard InChI is InChI=1S/C16H18O/c1-2-5-12(6-3-1)17-16-10-11-9-15(16)14-8-4-7-13(11)14/h1-3,5-6,10-11,13-15H,4,7-9H2/t11-,13+,14-,15-/m0/s1. The Bertz CT molecular complexity index is 448. The topological polar surface area (TPSA) is 9.23 Å². The molecule has 0 amide bonds. The van der Waals surface area contributed by atoms with Gasteiger partial charge in [-0.15, -0.1) is 0 Å². The molecule has 0 N–H and O–H groups in total. The third-order valence-corrected chi connectivity index (χ3v) is 4.94. The van der Waals surface area contributed by atoms with Crippen molar-refractivity contribution in [2.24, 2.45) is 23.7 Å². The average molecular weight is 226 g/mol. The maximum atomic E-state index is 6.08. The summed E-state index contributed by atoms with van der Waals surface area (Å²) in [6.45, 7) is 0. The van der Waals surface area contributed by atoms with Crippen molar-refractivity contribution in [3.63, 3.8) is 0 Å². The lowest BCUT2D eigenvalue weighted by Gasteiger charge is -2.25. The second-order valence-electron chi connectivity index (χ2n) is 5.75. The van der Waals surface area contributed by atoms with Crippen LogP contribution in [-0.2, 0) is 0 Å². The summed E-state index contributed by atoms with van der Waals surface area (Å²) in [7, 11) is 0. The predicted octanol–water partition coefficient (Wildman–Crippen LogP) is 4.02. The molecule has 0 heterocycles. The number of hydrogen-bond donors (Lipinski definition) is 0. The molecular weight excluding hydrogens is 208 g/mol. The lowest BCUT2D eigenvalue weighted by atomic mass is 9.85. The van der Waals surface area contributed by atoms with Crippen molar-refractivity contribution in [1.29, 1.82) is 0 Å².